The zero-order chi connectivity index (χ0) is 14.5. The van der Waals surface area contributed by atoms with Crippen LogP contribution >= 0.6 is 0 Å². The number of nitrogens with one attached hydrogen (secondary N) is 1. The fourth-order valence-corrected chi connectivity index (χ4v) is 1.74. The largest absolute Gasteiger partial charge is 0.480 e. The Morgan fingerprint density at radius 3 is 2.37 bits per heavy atom. The van der Waals surface area contributed by atoms with E-state index < -0.39 is 12.0 Å². The molecule has 1 aromatic carbocycles. The molecule has 1 aromatic rings. The van der Waals surface area contributed by atoms with E-state index in [1.807, 2.05) is 0 Å². The molecule has 19 heavy (non-hydrogen) atoms. The molecule has 1 atom stereocenters. The highest BCUT2D eigenvalue weighted by Crippen LogP contribution is 2.22. The summed E-state index contributed by atoms with van der Waals surface area (Å²) in [4.78, 5) is 10.5. The maximum atomic E-state index is 10.5. The summed E-state index contributed by atoms with van der Waals surface area (Å²) < 4.78 is 0. The lowest BCUT2D eigenvalue weighted by atomic mass is 9.87. The molecule has 0 heterocycles. The molecule has 1 rings (SSSR count). The molecule has 106 valence electrons. The summed E-state index contributed by atoms with van der Waals surface area (Å²) >= 11 is 0. The van der Waals surface area contributed by atoms with Crippen LogP contribution in [-0.4, -0.2) is 23.7 Å². The van der Waals surface area contributed by atoms with Crippen molar-refractivity contribution < 1.29 is 9.90 Å². The highest BCUT2D eigenvalue weighted by Gasteiger charge is 2.13. The van der Waals surface area contributed by atoms with Crippen molar-refractivity contribution in [1.82, 2.24) is 5.32 Å². The molecule has 0 fully saturated rings. The molecule has 0 aromatic heterocycles. The van der Waals surface area contributed by atoms with Crippen molar-refractivity contribution in [2.75, 3.05) is 6.54 Å². The van der Waals surface area contributed by atoms with Crippen LogP contribution in [0.4, 0.5) is 0 Å². The summed E-state index contributed by atoms with van der Waals surface area (Å²) in [6, 6.07) is 7.70. The molecule has 0 spiro atoms. The van der Waals surface area contributed by atoms with Crippen LogP contribution in [0, 0.1) is 0 Å². The Balaban J connectivity index is 2.37. The highest BCUT2D eigenvalue weighted by molar-refractivity contribution is 5.72. The number of rotatable bonds is 6. The molecule has 4 N–H and O–H groups in total. The lowest BCUT2D eigenvalue weighted by molar-refractivity contribution is -0.138. The van der Waals surface area contributed by atoms with Crippen LogP contribution in [0.3, 0.4) is 0 Å². The summed E-state index contributed by atoms with van der Waals surface area (Å²) in [6.07, 6.45) is 0.440. The number of benzene rings is 1. The second-order valence-electron chi connectivity index (χ2n) is 5.86. The third kappa shape index (κ3) is 5.41. The lowest BCUT2D eigenvalue weighted by Crippen LogP contribution is -2.33. The van der Waals surface area contributed by atoms with E-state index in [1.165, 1.54) is 11.1 Å². The predicted molar refractivity (Wildman–Crippen MR) is 77.1 cm³/mol. The SMILES string of the molecule is CC(C)(C)c1ccc(CNCCC(N)C(=O)O)cc1. The highest BCUT2D eigenvalue weighted by atomic mass is 16.4. The minimum Gasteiger partial charge on any atom is -0.480 e. The van der Waals surface area contributed by atoms with Crippen molar-refractivity contribution in [1.29, 1.82) is 0 Å². The van der Waals surface area contributed by atoms with E-state index in [1.54, 1.807) is 0 Å². The first kappa shape index (κ1) is 15.7. The van der Waals surface area contributed by atoms with Crippen molar-refractivity contribution in [3.8, 4) is 0 Å². The van der Waals surface area contributed by atoms with Gasteiger partial charge in [-0.25, -0.2) is 0 Å². The van der Waals surface area contributed by atoms with Crippen LogP contribution in [-0.2, 0) is 16.8 Å². The number of carboxylic acids is 1. The molecule has 0 aliphatic heterocycles. The van der Waals surface area contributed by atoms with E-state index in [-0.39, 0.29) is 5.41 Å². The van der Waals surface area contributed by atoms with E-state index in [9.17, 15) is 4.79 Å². The summed E-state index contributed by atoms with van der Waals surface area (Å²) in [5.41, 5.74) is 8.09. The quantitative estimate of drug-likeness (QED) is 0.686. The van der Waals surface area contributed by atoms with Gasteiger partial charge in [-0.15, -0.1) is 0 Å². The molecule has 0 aliphatic rings. The summed E-state index contributed by atoms with van der Waals surface area (Å²) in [7, 11) is 0. The minimum absolute atomic E-state index is 0.167. The maximum absolute atomic E-state index is 10.5. The van der Waals surface area contributed by atoms with Gasteiger partial charge < -0.3 is 16.2 Å². The summed E-state index contributed by atoms with van der Waals surface area (Å²) in [5.74, 6) is -0.948. The first-order valence-corrected chi connectivity index (χ1v) is 6.59. The van der Waals surface area contributed by atoms with Crippen LogP contribution in [0.1, 0.15) is 38.3 Å². The van der Waals surface area contributed by atoms with Gasteiger partial charge in [0.25, 0.3) is 0 Å². The summed E-state index contributed by atoms with van der Waals surface area (Å²) in [6.45, 7) is 7.90. The topological polar surface area (TPSA) is 75.3 Å². The molecule has 1 unspecified atom stereocenters. The van der Waals surface area contributed by atoms with Crippen LogP contribution < -0.4 is 11.1 Å². The van der Waals surface area contributed by atoms with E-state index in [0.717, 1.165) is 6.54 Å². The molecule has 0 saturated carbocycles. The third-order valence-electron chi connectivity index (χ3n) is 3.10. The molecule has 4 heteroatoms. The predicted octanol–water partition coefficient (Wildman–Crippen LogP) is 1.88. The second kappa shape index (κ2) is 6.68. The van der Waals surface area contributed by atoms with Crippen molar-refractivity contribution in [2.45, 2.75) is 45.2 Å². The van der Waals surface area contributed by atoms with Gasteiger partial charge in [-0.3, -0.25) is 4.79 Å². The Hall–Kier alpha value is -1.39. The Kier molecular flexibility index (Phi) is 5.51. The Morgan fingerprint density at radius 2 is 1.89 bits per heavy atom. The van der Waals surface area contributed by atoms with Gasteiger partial charge >= 0.3 is 5.97 Å². The normalized spacial score (nSPS) is 13.3. The number of nitrogens with two attached hydrogens (primary N) is 1. The van der Waals surface area contributed by atoms with Crippen molar-refractivity contribution in [3.63, 3.8) is 0 Å². The monoisotopic (exact) mass is 264 g/mol. The number of aliphatic carboxylic acids is 1. The van der Waals surface area contributed by atoms with Crippen LogP contribution in [0.25, 0.3) is 0 Å². The third-order valence-corrected chi connectivity index (χ3v) is 3.10. The van der Waals surface area contributed by atoms with Gasteiger partial charge in [-0.1, -0.05) is 45.0 Å². The van der Waals surface area contributed by atoms with Crippen molar-refractivity contribution >= 4 is 5.97 Å². The zero-order valence-corrected chi connectivity index (χ0v) is 11.9. The summed E-state index contributed by atoms with van der Waals surface area (Å²) in [5, 5.41) is 11.9. The average Bonchev–Trinajstić information content (AvgIpc) is 2.33. The number of hydrogen-bond acceptors (Lipinski definition) is 3. The van der Waals surface area contributed by atoms with E-state index in [0.29, 0.717) is 13.0 Å². The standard InChI is InChI=1S/C15H24N2O2/c1-15(2,3)12-6-4-11(5-7-12)10-17-9-8-13(16)14(18)19/h4-7,13,17H,8-10,16H2,1-3H3,(H,18,19). The first-order chi connectivity index (χ1) is 8.80. The van der Waals surface area contributed by atoms with Crippen molar-refractivity contribution in [3.05, 3.63) is 35.4 Å². The second-order valence-corrected chi connectivity index (χ2v) is 5.86. The van der Waals surface area contributed by atoms with Crippen LogP contribution in [0.5, 0.6) is 0 Å². The van der Waals surface area contributed by atoms with Crippen LogP contribution in [0.15, 0.2) is 24.3 Å². The van der Waals surface area contributed by atoms with Crippen LogP contribution in [0.2, 0.25) is 0 Å². The number of hydrogen-bond donors (Lipinski definition) is 3. The lowest BCUT2D eigenvalue weighted by Gasteiger charge is -2.19. The van der Waals surface area contributed by atoms with Gasteiger partial charge in [-0.05, 0) is 29.5 Å². The van der Waals surface area contributed by atoms with Gasteiger partial charge in [0.2, 0.25) is 0 Å². The zero-order valence-electron chi connectivity index (χ0n) is 11.9. The Morgan fingerprint density at radius 1 is 1.32 bits per heavy atom. The molecule has 4 nitrogen and oxygen atoms in total. The van der Waals surface area contributed by atoms with Gasteiger partial charge in [0.15, 0.2) is 0 Å². The molecule has 0 aliphatic carbocycles. The molecule has 0 saturated heterocycles. The van der Waals surface area contributed by atoms with Gasteiger partial charge in [0.1, 0.15) is 6.04 Å². The van der Waals surface area contributed by atoms with Crippen molar-refractivity contribution in [2.24, 2.45) is 5.73 Å². The van der Waals surface area contributed by atoms with E-state index >= 15 is 0 Å². The average molecular weight is 264 g/mol. The Bertz CT molecular complexity index is 407. The number of carbonyl (C=O) groups is 1. The fourth-order valence-electron chi connectivity index (χ4n) is 1.74. The van der Waals surface area contributed by atoms with Gasteiger partial charge in [-0.2, -0.15) is 0 Å². The van der Waals surface area contributed by atoms with Gasteiger partial charge in [0, 0.05) is 6.54 Å². The van der Waals surface area contributed by atoms with Gasteiger partial charge in [0.05, 0.1) is 0 Å². The fraction of sp³-hybridized carbons (Fsp3) is 0.533. The Labute approximate surface area is 115 Å². The molecule has 0 bridgehead atoms. The minimum atomic E-state index is -0.948. The first-order valence-electron chi connectivity index (χ1n) is 6.59. The molecule has 0 amide bonds. The molecular formula is C15H24N2O2. The smallest absolute Gasteiger partial charge is 0.320 e. The number of carboxylic acid groups (broad SMARTS) is 1. The maximum Gasteiger partial charge on any atom is 0.320 e. The molecular weight excluding hydrogens is 240 g/mol. The van der Waals surface area contributed by atoms with E-state index in [4.69, 9.17) is 10.8 Å². The van der Waals surface area contributed by atoms with E-state index in [2.05, 4.69) is 50.4 Å². The molecule has 0 radical (unpaired) electrons.